The summed E-state index contributed by atoms with van der Waals surface area (Å²) in [6.45, 7) is 0.568. The predicted molar refractivity (Wildman–Crippen MR) is 75.6 cm³/mol. The van der Waals surface area contributed by atoms with E-state index in [1.54, 1.807) is 0 Å². The Morgan fingerprint density at radius 1 is 1.50 bits per heavy atom. The van der Waals surface area contributed by atoms with Gasteiger partial charge in [-0.05, 0) is 18.1 Å². The summed E-state index contributed by atoms with van der Waals surface area (Å²) < 4.78 is 1.05. The topological polar surface area (TPSA) is 58.2 Å². The van der Waals surface area contributed by atoms with E-state index in [4.69, 9.17) is 0 Å². The standard InChI is InChI=1S/C12H13BrN2O2S/c13-9-4-2-1-3-8(9)5-6-14-11(16)10-7-18-12(17)15-10/h1-4,10H,5-7H2,(H,14,16)(H,15,17)/t10-/m0/s1. The Hall–Kier alpha value is -1.01. The predicted octanol–water partition coefficient (Wildman–Crippen LogP) is 1.93. The van der Waals surface area contributed by atoms with Gasteiger partial charge < -0.3 is 10.6 Å². The molecule has 1 fully saturated rings. The van der Waals surface area contributed by atoms with Gasteiger partial charge in [0.05, 0.1) is 0 Å². The number of thioether (sulfide) groups is 1. The van der Waals surface area contributed by atoms with Crippen molar-refractivity contribution < 1.29 is 9.59 Å². The molecule has 0 aliphatic carbocycles. The van der Waals surface area contributed by atoms with Crippen LogP contribution in [0.1, 0.15) is 5.56 Å². The lowest BCUT2D eigenvalue weighted by Gasteiger charge is -2.10. The molecule has 1 aliphatic rings. The van der Waals surface area contributed by atoms with Crippen molar-refractivity contribution in [2.24, 2.45) is 0 Å². The Bertz CT molecular complexity index is 467. The second-order valence-electron chi connectivity index (χ2n) is 3.93. The maximum absolute atomic E-state index is 11.7. The third kappa shape index (κ3) is 3.49. The number of hydrogen-bond donors (Lipinski definition) is 2. The molecule has 0 aromatic heterocycles. The Labute approximate surface area is 118 Å². The number of benzene rings is 1. The van der Waals surface area contributed by atoms with Gasteiger partial charge in [0.2, 0.25) is 5.91 Å². The Balaban J connectivity index is 1.77. The maximum atomic E-state index is 11.7. The fraction of sp³-hybridized carbons (Fsp3) is 0.333. The van der Waals surface area contributed by atoms with Crippen molar-refractivity contribution >= 4 is 38.8 Å². The molecule has 0 unspecified atom stereocenters. The van der Waals surface area contributed by atoms with E-state index in [0.717, 1.165) is 28.2 Å². The molecular weight excluding hydrogens is 316 g/mol. The third-order valence-electron chi connectivity index (χ3n) is 2.64. The van der Waals surface area contributed by atoms with E-state index in [-0.39, 0.29) is 17.2 Å². The summed E-state index contributed by atoms with van der Waals surface area (Å²) in [5, 5.41) is 5.33. The van der Waals surface area contributed by atoms with Crippen LogP contribution in [0.15, 0.2) is 28.7 Å². The van der Waals surface area contributed by atoms with Crippen LogP contribution in [0.25, 0.3) is 0 Å². The number of rotatable bonds is 4. The van der Waals surface area contributed by atoms with Gasteiger partial charge in [-0.1, -0.05) is 45.9 Å². The monoisotopic (exact) mass is 328 g/mol. The molecule has 1 atom stereocenters. The molecule has 2 rings (SSSR count). The molecule has 0 spiro atoms. The van der Waals surface area contributed by atoms with Crippen LogP contribution < -0.4 is 10.6 Å². The molecule has 96 valence electrons. The average Bonchev–Trinajstić information content (AvgIpc) is 2.78. The molecular formula is C12H13BrN2O2S. The van der Waals surface area contributed by atoms with Gasteiger partial charge in [-0.3, -0.25) is 9.59 Å². The van der Waals surface area contributed by atoms with E-state index in [9.17, 15) is 9.59 Å². The highest BCUT2D eigenvalue weighted by Crippen LogP contribution is 2.16. The third-order valence-corrected chi connectivity index (χ3v) is 4.29. The summed E-state index contributed by atoms with van der Waals surface area (Å²) in [5.74, 6) is 0.403. The minimum atomic E-state index is -0.387. The Kier molecular flexibility index (Phi) is 4.66. The van der Waals surface area contributed by atoms with Crippen LogP contribution in [0.2, 0.25) is 0 Å². The van der Waals surface area contributed by atoms with Gasteiger partial charge in [0.15, 0.2) is 0 Å². The highest BCUT2D eigenvalue weighted by Gasteiger charge is 2.27. The average molecular weight is 329 g/mol. The fourth-order valence-corrected chi connectivity index (χ4v) is 2.93. The van der Waals surface area contributed by atoms with Crippen LogP contribution in [0, 0.1) is 0 Å². The van der Waals surface area contributed by atoms with Gasteiger partial charge in [0.25, 0.3) is 5.24 Å². The molecule has 1 heterocycles. The lowest BCUT2D eigenvalue weighted by molar-refractivity contribution is -0.122. The molecule has 1 saturated heterocycles. The highest BCUT2D eigenvalue weighted by molar-refractivity contribution is 9.10. The normalized spacial score (nSPS) is 18.5. The largest absolute Gasteiger partial charge is 0.354 e. The molecule has 0 saturated carbocycles. The molecule has 1 aromatic rings. The highest BCUT2D eigenvalue weighted by atomic mass is 79.9. The zero-order valence-corrected chi connectivity index (χ0v) is 12.0. The first-order chi connectivity index (χ1) is 8.66. The second kappa shape index (κ2) is 6.24. The number of halogens is 1. The first-order valence-corrected chi connectivity index (χ1v) is 7.39. The van der Waals surface area contributed by atoms with Crippen LogP contribution in [-0.2, 0) is 11.2 Å². The van der Waals surface area contributed by atoms with Gasteiger partial charge in [0.1, 0.15) is 6.04 Å². The summed E-state index contributed by atoms with van der Waals surface area (Å²) >= 11 is 4.61. The van der Waals surface area contributed by atoms with Crippen LogP contribution >= 0.6 is 27.7 Å². The van der Waals surface area contributed by atoms with Gasteiger partial charge in [0, 0.05) is 16.8 Å². The van der Waals surface area contributed by atoms with Crippen molar-refractivity contribution in [1.82, 2.24) is 10.6 Å². The first kappa shape index (κ1) is 13.4. The number of carbonyl (C=O) groups excluding carboxylic acids is 2. The van der Waals surface area contributed by atoms with Gasteiger partial charge in [-0.15, -0.1) is 0 Å². The Morgan fingerprint density at radius 2 is 2.28 bits per heavy atom. The molecule has 18 heavy (non-hydrogen) atoms. The molecule has 0 bridgehead atoms. The van der Waals surface area contributed by atoms with Crippen LogP contribution in [0.3, 0.4) is 0 Å². The molecule has 4 nitrogen and oxygen atoms in total. The summed E-state index contributed by atoms with van der Waals surface area (Å²) in [4.78, 5) is 22.7. The Morgan fingerprint density at radius 3 is 2.94 bits per heavy atom. The van der Waals surface area contributed by atoms with E-state index in [2.05, 4.69) is 26.6 Å². The van der Waals surface area contributed by atoms with E-state index in [0.29, 0.717) is 12.3 Å². The lowest BCUT2D eigenvalue weighted by atomic mass is 10.1. The minimum Gasteiger partial charge on any atom is -0.354 e. The summed E-state index contributed by atoms with van der Waals surface area (Å²) in [6.07, 6.45) is 0.765. The van der Waals surface area contributed by atoms with E-state index in [1.807, 2.05) is 24.3 Å². The summed E-state index contributed by atoms with van der Waals surface area (Å²) in [6, 6.07) is 7.53. The zero-order chi connectivity index (χ0) is 13.0. The van der Waals surface area contributed by atoms with E-state index >= 15 is 0 Å². The van der Waals surface area contributed by atoms with Crippen LogP contribution in [-0.4, -0.2) is 29.5 Å². The number of carbonyl (C=O) groups is 2. The molecule has 6 heteroatoms. The van der Waals surface area contributed by atoms with Crippen molar-refractivity contribution in [3.05, 3.63) is 34.3 Å². The first-order valence-electron chi connectivity index (χ1n) is 5.61. The van der Waals surface area contributed by atoms with Crippen LogP contribution in [0.5, 0.6) is 0 Å². The molecule has 2 N–H and O–H groups in total. The zero-order valence-electron chi connectivity index (χ0n) is 9.61. The molecule has 1 aromatic carbocycles. The number of hydrogen-bond acceptors (Lipinski definition) is 3. The molecule has 2 amide bonds. The number of amides is 2. The lowest BCUT2D eigenvalue weighted by Crippen LogP contribution is -2.43. The van der Waals surface area contributed by atoms with Crippen molar-refractivity contribution in [2.45, 2.75) is 12.5 Å². The van der Waals surface area contributed by atoms with Crippen molar-refractivity contribution in [3.63, 3.8) is 0 Å². The maximum Gasteiger partial charge on any atom is 0.279 e. The number of nitrogens with one attached hydrogen (secondary N) is 2. The SMILES string of the molecule is O=C1N[C@H](C(=O)NCCc2ccccc2Br)CS1. The summed E-state index contributed by atoms with van der Waals surface area (Å²) in [7, 11) is 0. The molecule has 0 radical (unpaired) electrons. The van der Waals surface area contributed by atoms with E-state index in [1.165, 1.54) is 0 Å². The van der Waals surface area contributed by atoms with Crippen molar-refractivity contribution in [2.75, 3.05) is 12.3 Å². The smallest absolute Gasteiger partial charge is 0.279 e. The molecule has 1 aliphatic heterocycles. The fourth-order valence-electron chi connectivity index (χ4n) is 1.67. The van der Waals surface area contributed by atoms with E-state index < -0.39 is 0 Å². The van der Waals surface area contributed by atoms with Crippen molar-refractivity contribution in [1.29, 1.82) is 0 Å². The van der Waals surface area contributed by atoms with Crippen molar-refractivity contribution in [3.8, 4) is 0 Å². The van der Waals surface area contributed by atoms with Crippen LogP contribution in [0.4, 0.5) is 4.79 Å². The summed E-state index contributed by atoms with van der Waals surface area (Å²) in [5.41, 5.74) is 1.16. The minimum absolute atomic E-state index is 0.111. The quantitative estimate of drug-likeness (QED) is 0.887. The van der Waals surface area contributed by atoms with Gasteiger partial charge in [-0.25, -0.2) is 0 Å². The van der Waals surface area contributed by atoms with Gasteiger partial charge >= 0.3 is 0 Å². The van der Waals surface area contributed by atoms with Gasteiger partial charge in [-0.2, -0.15) is 0 Å². The second-order valence-corrected chi connectivity index (χ2v) is 5.77.